The minimum absolute atomic E-state index is 0.945. The highest BCUT2D eigenvalue weighted by Crippen LogP contribution is 2.13. The Labute approximate surface area is 92.7 Å². The molecule has 0 saturated heterocycles. The Hall–Kier alpha value is -0.830. The molecule has 0 bridgehead atoms. The van der Waals surface area contributed by atoms with E-state index in [0.717, 1.165) is 19.5 Å². The zero-order valence-corrected chi connectivity index (χ0v) is 10.2. The van der Waals surface area contributed by atoms with Crippen LogP contribution in [0.3, 0.4) is 0 Å². The molecule has 3 nitrogen and oxygen atoms in total. The van der Waals surface area contributed by atoms with Gasteiger partial charge in [0.25, 0.3) is 0 Å². The Morgan fingerprint density at radius 3 is 2.73 bits per heavy atom. The third-order valence-electron chi connectivity index (χ3n) is 2.73. The van der Waals surface area contributed by atoms with E-state index in [2.05, 4.69) is 36.3 Å². The van der Waals surface area contributed by atoms with Crippen molar-refractivity contribution in [2.24, 2.45) is 0 Å². The highest BCUT2D eigenvalue weighted by Gasteiger charge is 2.08. The molecule has 0 fully saturated rings. The van der Waals surface area contributed by atoms with Crippen LogP contribution in [0.25, 0.3) is 0 Å². The molecule has 0 atom stereocenters. The topological polar surface area (TPSA) is 40.7 Å². The van der Waals surface area contributed by atoms with Gasteiger partial charge in [0.2, 0.25) is 0 Å². The second-order valence-electron chi connectivity index (χ2n) is 4.01. The monoisotopic (exact) mass is 209 g/mol. The van der Waals surface area contributed by atoms with E-state index in [1.807, 2.05) is 0 Å². The maximum absolute atomic E-state index is 4.38. The van der Waals surface area contributed by atoms with E-state index in [1.54, 1.807) is 0 Å². The minimum Gasteiger partial charge on any atom is -0.313 e. The van der Waals surface area contributed by atoms with Crippen LogP contribution in [0.15, 0.2) is 0 Å². The Bertz CT molecular complexity index is 278. The highest BCUT2D eigenvalue weighted by atomic mass is 15.1. The van der Waals surface area contributed by atoms with E-state index < -0.39 is 0 Å². The second-order valence-corrected chi connectivity index (χ2v) is 4.01. The normalized spacial score (nSPS) is 10.9. The van der Waals surface area contributed by atoms with Crippen molar-refractivity contribution in [3.63, 3.8) is 0 Å². The number of H-pyrrole nitrogens is 1. The molecule has 0 spiro atoms. The summed E-state index contributed by atoms with van der Waals surface area (Å²) in [5.41, 5.74) is 3.83. The summed E-state index contributed by atoms with van der Waals surface area (Å²) in [6, 6.07) is 0. The van der Waals surface area contributed by atoms with Crippen molar-refractivity contribution in [1.29, 1.82) is 0 Å². The van der Waals surface area contributed by atoms with Crippen LogP contribution in [0.4, 0.5) is 0 Å². The summed E-state index contributed by atoms with van der Waals surface area (Å²) < 4.78 is 0. The van der Waals surface area contributed by atoms with E-state index in [0.29, 0.717) is 0 Å². The lowest BCUT2D eigenvalue weighted by Crippen LogP contribution is -2.13. The maximum Gasteiger partial charge on any atom is 0.0669 e. The number of unbranched alkanes of at least 4 members (excludes halogenated alkanes) is 2. The zero-order valence-electron chi connectivity index (χ0n) is 10.2. The summed E-state index contributed by atoms with van der Waals surface area (Å²) in [5, 5.41) is 10.8. The molecule has 1 aromatic heterocycles. The number of aromatic nitrogens is 2. The Balaban J connectivity index is 2.53. The van der Waals surface area contributed by atoms with Gasteiger partial charge < -0.3 is 5.32 Å². The highest BCUT2D eigenvalue weighted by molar-refractivity contribution is 5.24. The number of nitrogens with one attached hydrogen (secondary N) is 2. The fourth-order valence-corrected chi connectivity index (χ4v) is 1.74. The molecule has 0 aliphatic rings. The van der Waals surface area contributed by atoms with Gasteiger partial charge in [-0.15, -0.1) is 0 Å². The molecule has 0 saturated carbocycles. The molecule has 1 aromatic rings. The standard InChI is InChI=1S/C12H23N3/c1-4-6-7-8-12-11(9-13-5-2)10(3)14-15-12/h13H,4-9H2,1-3H3,(H,14,15). The van der Waals surface area contributed by atoms with Gasteiger partial charge in [0, 0.05) is 17.8 Å². The third kappa shape index (κ3) is 3.67. The van der Waals surface area contributed by atoms with Crippen molar-refractivity contribution >= 4 is 0 Å². The lowest BCUT2D eigenvalue weighted by atomic mass is 10.1. The molecular weight excluding hydrogens is 186 g/mol. The van der Waals surface area contributed by atoms with Gasteiger partial charge in [-0.3, -0.25) is 5.10 Å². The molecule has 0 aromatic carbocycles. The van der Waals surface area contributed by atoms with E-state index in [4.69, 9.17) is 0 Å². The van der Waals surface area contributed by atoms with Crippen LogP contribution in [-0.2, 0) is 13.0 Å². The molecule has 3 heteroatoms. The molecule has 1 heterocycles. The van der Waals surface area contributed by atoms with Crippen LogP contribution in [0, 0.1) is 6.92 Å². The summed E-state index contributed by atoms with van der Waals surface area (Å²) in [5.74, 6) is 0. The van der Waals surface area contributed by atoms with Crippen LogP contribution in [0.5, 0.6) is 0 Å². The average Bonchev–Trinajstić information content (AvgIpc) is 2.58. The number of rotatable bonds is 7. The third-order valence-corrected chi connectivity index (χ3v) is 2.73. The fraction of sp³-hybridized carbons (Fsp3) is 0.750. The van der Waals surface area contributed by atoms with Crippen molar-refractivity contribution in [3.8, 4) is 0 Å². The van der Waals surface area contributed by atoms with E-state index in [9.17, 15) is 0 Å². The predicted octanol–water partition coefficient (Wildman–Crippen LogP) is 2.56. The van der Waals surface area contributed by atoms with Crippen LogP contribution >= 0.6 is 0 Å². The minimum atomic E-state index is 0.945. The molecule has 86 valence electrons. The van der Waals surface area contributed by atoms with E-state index in [1.165, 1.54) is 36.2 Å². The molecule has 0 unspecified atom stereocenters. The first kappa shape index (κ1) is 12.2. The second kappa shape index (κ2) is 6.62. The summed E-state index contributed by atoms with van der Waals surface area (Å²) >= 11 is 0. The summed E-state index contributed by atoms with van der Waals surface area (Å²) in [7, 11) is 0. The SMILES string of the molecule is CCCCCc1n[nH]c(C)c1CNCC. The Morgan fingerprint density at radius 1 is 1.27 bits per heavy atom. The van der Waals surface area contributed by atoms with Crippen LogP contribution in [-0.4, -0.2) is 16.7 Å². The van der Waals surface area contributed by atoms with Gasteiger partial charge in [0.05, 0.1) is 5.69 Å². The Kier molecular flexibility index (Phi) is 5.40. The molecule has 0 radical (unpaired) electrons. The molecule has 0 amide bonds. The van der Waals surface area contributed by atoms with Gasteiger partial charge in [-0.1, -0.05) is 26.7 Å². The van der Waals surface area contributed by atoms with Crippen molar-refractivity contribution in [2.75, 3.05) is 6.54 Å². The number of nitrogens with zero attached hydrogens (tertiary/aromatic N) is 1. The first-order valence-electron chi connectivity index (χ1n) is 6.03. The molecule has 0 aliphatic carbocycles. The van der Waals surface area contributed by atoms with Gasteiger partial charge in [-0.25, -0.2) is 0 Å². The molecule has 1 rings (SSSR count). The van der Waals surface area contributed by atoms with Crippen molar-refractivity contribution in [1.82, 2.24) is 15.5 Å². The number of hydrogen-bond acceptors (Lipinski definition) is 2. The lowest BCUT2D eigenvalue weighted by molar-refractivity contribution is 0.684. The summed E-state index contributed by atoms with van der Waals surface area (Å²) in [6.45, 7) is 8.42. The first-order chi connectivity index (χ1) is 7.29. The summed E-state index contributed by atoms with van der Waals surface area (Å²) in [6.07, 6.45) is 4.93. The van der Waals surface area contributed by atoms with Crippen molar-refractivity contribution < 1.29 is 0 Å². The first-order valence-corrected chi connectivity index (χ1v) is 6.03. The van der Waals surface area contributed by atoms with Crippen LogP contribution < -0.4 is 5.32 Å². The van der Waals surface area contributed by atoms with E-state index >= 15 is 0 Å². The molecule has 2 N–H and O–H groups in total. The van der Waals surface area contributed by atoms with Gasteiger partial charge in [-0.05, 0) is 26.3 Å². The van der Waals surface area contributed by atoms with Crippen molar-refractivity contribution in [2.45, 2.75) is 53.0 Å². The van der Waals surface area contributed by atoms with Gasteiger partial charge in [-0.2, -0.15) is 5.10 Å². The molecule has 0 aliphatic heterocycles. The molecular formula is C12H23N3. The summed E-state index contributed by atoms with van der Waals surface area (Å²) in [4.78, 5) is 0. The molecule has 15 heavy (non-hydrogen) atoms. The van der Waals surface area contributed by atoms with E-state index in [-0.39, 0.29) is 0 Å². The smallest absolute Gasteiger partial charge is 0.0669 e. The van der Waals surface area contributed by atoms with Gasteiger partial charge in [0.1, 0.15) is 0 Å². The van der Waals surface area contributed by atoms with Crippen LogP contribution in [0.1, 0.15) is 50.1 Å². The number of hydrogen-bond donors (Lipinski definition) is 2. The van der Waals surface area contributed by atoms with Gasteiger partial charge >= 0.3 is 0 Å². The fourth-order valence-electron chi connectivity index (χ4n) is 1.74. The quantitative estimate of drug-likeness (QED) is 0.678. The average molecular weight is 209 g/mol. The maximum atomic E-state index is 4.38. The largest absolute Gasteiger partial charge is 0.313 e. The van der Waals surface area contributed by atoms with Gasteiger partial charge in [0.15, 0.2) is 0 Å². The zero-order chi connectivity index (χ0) is 11.1. The van der Waals surface area contributed by atoms with Crippen LogP contribution in [0.2, 0.25) is 0 Å². The Morgan fingerprint density at radius 2 is 2.07 bits per heavy atom. The lowest BCUT2D eigenvalue weighted by Gasteiger charge is -2.04. The van der Waals surface area contributed by atoms with Crippen molar-refractivity contribution in [3.05, 3.63) is 17.0 Å². The number of aromatic amines is 1. The number of aryl methyl sites for hydroxylation is 2. The predicted molar refractivity (Wildman–Crippen MR) is 63.9 cm³/mol.